The van der Waals surface area contributed by atoms with Gasteiger partial charge in [0.15, 0.2) is 0 Å². The van der Waals surface area contributed by atoms with Crippen LogP contribution in [0.15, 0.2) is 48.9 Å². The van der Waals surface area contributed by atoms with Crippen molar-refractivity contribution in [2.24, 2.45) is 0 Å². The van der Waals surface area contributed by atoms with Crippen LogP contribution >= 0.6 is 0 Å². The van der Waals surface area contributed by atoms with Crippen LogP contribution in [0, 0.1) is 17.7 Å². The average Bonchev–Trinajstić information content (AvgIpc) is 3.59. The van der Waals surface area contributed by atoms with Gasteiger partial charge in [0.2, 0.25) is 5.88 Å². The van der Waals surface area contributed by atoms with Crippen LogP contribution in [0.3, 0.4) is 0 Å². The number of hydrogen-bond donors (Lipinski definition) is 1. The molecule has 1 N–H and O–H groups in total. The molecule has 1 fully saturated rings. The van der Waals surface area contributed by atoms with Crippen LogP contribution in [0.5, 0.6) is 5.88 Å². The third kappa shape index (κ3) is 5.63. The van der Waals surface area contributed by atoms with Crippen LogP contribution in [0.2, 0.25) is 0 Å². The van der Waals surface area contributed by atoms with E-state index in [4.69, 9.17) is 9.72 Å². The number of benzene rings is 1. The van der Waals surface area contributed by atoms with Crippen molar-refractivity contribution in [3.05, 3.63) is 71.7 Å². The molecule has 0 aliphatic carbocycles. The molecule has 0 saturated carbocycles. The molecule has 1 saturated heterocycles. The number of rotatable bonds is 7. The van der Waals surface area contributed by atoms with Gasteiger partial charge in [-0.15, -0.1) is 0 Å². The summed E-state index contributed by atoms with van der Waals surface area (Å²) < 4.78 is 50.6. The second kappa shape index (κ2) is 11.5. The van der Waals surface area contributed by atoms with Gasteiger partial charge in [-0.25, -0.2) is 23.1 Å². The van der Waals surface area contributed by atoms with Crippen molar-refractivity contribution in [1.29, 1.82) is 0 Å². The van der Waals surface area contributed by atoms with E-state index in [0.29, 0.717) is 49.0 Å². The summed E-state index contributed by atoms with van der Waals surface area (Å²) in [4.78, 5) is 39.8. The number of aromatic nitrogens is 4. The molecular weight excluding hydrogens is 549 g/mol. The fourth-order valence-corrected chi connectivity index (χ4v) is 4.90. The molecule has 1 aromatic carbocycles. The summed E-state index contributed by atoms with van der Waals surface area (Å²) >= 11 is 0. The van der Waals surface area contributed by atoms with Crippen molar-refractivity contribution in [3.8, 4) is 29.0 Å². The Balaban J connectivity index is 1.49. The van der Waals surface area contributed by atoms with Gasteiger partial charge in [-0.3, -0.25) is 19.0 Å². The van der Waals surface area contributed by atoms with E-state index in [1.54, 1.807) is 28.6 Å². The quantitative estimate of drug-likeness (QED) is 0.310. The lowest BCUT2D eigenvalue weighted by molar-refractivity contribution is -0.124. The summed E-state index contributed by atoms with van der Waals surface area (Å²) in [5.74, 6) is 1.13. The third-order valence-electron chi connectivity index (χ3n) is 6.90. The lowest BCUT2D eigenvalue weighted by Crippen LogP contribution is -2.27. The molecule has 9 nitrogen and oxygen atoms in total. The van der Waals surface area contributed by atoms with Crippen LogP contribution in [0.4, 0.5) is 19.0 Å². The Morgan fingerprint density at radius 2 is 2.02 bits per heavy atom. The fourth-order valence-electron chi connectivity index (χ4n) is 4.90. The molecule has 0 unspecified atom stereocenters. The van der Waals surface area contributed by atoms with E-state index in [2.05, 4.69) is 27.1 Å². The minimum absolute atomic E-state index is 0.0365. The summed E-state index contributed by atoms with van der Waals surface area (Å²) in [7, 11) is 0. The van der Waals surface area contributed by atoms with Crippen LogP contribution in [-0.4, -0.2) is 55.8 Å². The molecule has 1 aliphatic rings. The number of imidazole rings is 1. The summed E-state index contributed by atoms with van der Waals surface area (Å²) in [5.41, 5.74) is 0.558. The number of nitrogens with one attached hydrogen (secondary N) is 1. The number of fused-ring (bicyclic) bond motifs is 1. The number of hydrogen-bond acceptors (Lipinski definition) is 6. The predicted molar refractivity (Wildman–Crippen MR) is 149 cm³/mol. The second-order valence-corrected chi connectivity index (χ2v) is 9.80. The van der Waals surface area contributed by atoms with Crippen molar-refractivity contribution in [1.82, 2.24) is 24.3 Å². The van der Waals surface area contributed by atoms with Gasteiger partial charge in [0, 0.05) is 48.8 Å². The lowest BCUT2D eigenvalue weighted by atomic mass is 10.1. The van der Waals surface area contributed by atoms with E-state index in [1.165, 1.54) is 12.1 Å². The minimum atomic E-state index is -3.12. The Morgan fingerprint density at radius 3 is 2.74 bits per heavy atom. The van der Waals surface area contributed by atoms with E-state index >= 15 is 4.39 Å². The maximum absolute atomic E-state index is 15.6. The first-order valence-corrected chi connectivity index (χ1v) is 13.3. The van der Waals surface area contributed by atoms with Crippen LogP contribution in [0.25, 0.3) is 16.8 Å². The number of amides is 2. The first-order valence-electron chi connectivity index (χ1n) is 13.3. The molecule has 5 rings (SSSR count). The SMILES string of the molecule is CC#CC(=O)N1CC[C@@H](c2nc(-c3ccc(C(=O)Nc4cc(C(C)(F)F)ccn4)cc3F)c3cncc(OCC)n23)C1. The highest BCUT2D eigenvalue weighted by molar-refractivity contribution is 6.04. The number of nitrogens with zero attached hydrogens (tertiary/aromatic N) is 5. The zero-order chi connectivity index (χ0) is 30.0. The zero-order valence-corrected chi connectivity index (χ0v) is 23.1. The first kappa shape index (κ1) is 28.6. The third-order valence-corrected chi connectivity index (χ3v) is 6.90. The molecule has 1 atom stereocenters. The molecule has 216 valence electrons. The molecule has 4 aromatic rings. The summed E-state index contributed by atoms with van der Waals surface area (Å²) in [6.07, 6.45) is 4.89. The summed E-state index contributed by atoms with van der Waals surface area (Å²) in [6.45, 7) is 5.43. The van der Waals surface area contributed by atoms with Gasteiger partial charge in [-0.05, 0) is 56.5 Å². The van der Waals surface area contributed by atoms with Crippen molar-refractivity contribution >= 4 is 23.1 Å². The van der Waals surface area contributed by atoms with Gasteiger partial charge < -0.3 is 15.0 Å². The average molecular weight is 577 g/mol. The second-order valence-electron chi connectivity index (χ2n) is 9.80. The molecule has 12 heteroatoms. The number of anilines is 1. The van der Waals surface area contributed by atoms with E-state index in [-0.39, 0.29) is 34.3 Å². The fraction of sp³-hybridized carbons (Fsp3) is 0.300. The van der Waals surface area contributed by atoms with Gasteiger partial charge in [0.05, 0.1) is 24.5 Å². The smallest absolute Gasteiger partial charge is 0.298 e. The Bertz CT molecular complexity index is 1740. The number of halogens is 3. The van der Waals surface area contributed by atoms with E-state index in [9.17, 15) is 18.4 Å². The zero-order valence-electron chi connectivity index (χ0n) is 23.1. The number of ether oxygens (including phenoxy) is 1. The van der Waals surface area contributed by atoms with Gasteiger partial charge in [-0.1, -0.05) is 5.92 Å². The molecule has 42 heavy (non-hydrogen) atoms. The van der Waals surface area contributed by atoms with Crippen molar-refractivity contribution in [3.63, 3.8) is 0 Å². The van der Waals surface area contributed by atoms with Crippen molar-refractivity contribution in [2.75, 3.05) is 25.0 Å². The van der Waals surface area contributed by atoms with Crippen LogP contribution in [-0.2, 0) is 10.7 Å². The van der Waals surface area contributed by atoms with E-state index in [0.717, 1.165) is 31.3 Å². The predicted octanol–water partition coefficient (Wildman–Crippen LogP) is 5.03. The highest BCUT2D eigenvalue weighted by atomic mass is 19.3. The molecule has 2 amide bonds. The standard InChI is InChI=1S/C30H27F3N6O3/c1-4-6-25(40)38-12-10-19(17-38)28-37-27(23-15-34-16-26(39(23)28)42-5-2)21-8-7-18(13-22(21)31)29(41)36-24-14-20(9-11-35-24)30(3,32)33/h7-9,11,13-16,19H,5,10,12,17H2,1-3H3,(H,35,36,41)/t19-/m1/s1. The van der Waals surface area contributed by atoms with Crippen LogP contribution < -0.4 is 10.1 Å². The minimum Gasteiger partial charge on any atom is -0.478 e. The Hall–Kier alpha value is -4.92. The number of pyridine rings is 1. The largest absolute Gasteiger partial charge is 0.478 e. The highest BCUT2D eigenvalue weighted by Crippen LogP contribution is 2.36. The summed E-state index contributed by atoms with van der Waals surface area (Å²) in [5, 5.41) is 2.43. The maximum atomic E-state index is 15.6. The van der Waals surface area contributed by atoms with Gasteiger partial charge in [-0.2, -0.15) is 0 Å². The van der Waals surface area contributed by atoms with Crippen molar-refractivity contribution < 1.29 is 27.5 Å². The first-order chi connectivity index (χ1) is 20.1. The highest BCUT2D eigenvalue weighted by Gasteiger charge is 2.32. The molecule has 0 bridgehead atoms. The number of carbonyl (C=O) groups excluding carboxylic acids is 2. The number of alkyl halides is 2. The molecule has 4 heterocycles. The van der Waals surface area contributed by atoms with Crippen LogP contribution in [0.1, 0.15) is 54.9 Å². The Labute approximate surface area is 239 Å². The number of likely N-dealkylation sites (tertiary alicyclic amines) is 1. The van der Waals surface area contributed by atoms with Gasteiger partial charge >= 0.3 is 0 Å². The Morgan fingerprint density at radius 1 is 1.21 bits per heavy atom. The molecular formula is C30H27F3N6O3. The summed E-state index contributed by atoms with van der Waals surface area (Å²) in [6, 6.07) is 6.11. The van der Waals surface area contributed by atoms with Gasteiger partial charge in [0.1, 0.15) is 23.2 Å². The molecule has 0 radical (unpaired) electrons. The van der Waals surface area contributed by atoms with E-state index < -0.39 is 17.6 Å². The molecule has 1 aliphatic heterocycles. The molecule has 0 spiro atoms. The monoisotopic (exact) mass is 576 g/mol. The Kier molecular flexibility index (Phi) is 7.85. The maximum Gasteiger partial charge on any atom is 0.298 e. The van der Waals surface area contributed by atoms with Crippen molar-refractivity contribution in [2.45, 2.75) is 39.0 Å². The topological polar surface area (TPSA) is 102 Å². The van der Waals surface area contributed by atoms with E-state index in [1.807, 2.05) is 6.92 Å². The number of carbonyl (C=O) groups is 2. The normalized spacial score (nSPS) is 14.9. The molecule has 3 aromatic heterocycles. The lowest BCUT2D eigenvalue weighted by Gasteiger charge is -2.14. The van der Waals surface area contributed by atoms with Gasteiger partial charge in [0.25, 0.3) is 17.7 Å².